The molecule has 4 nitrogen and oxygen atoms in total. The minimum absolute atomic E-state index is 0.234. The van der Waals surface area contributed by atoms with Crippen LogP contribution in [0.2, 0.25) is 0 Å². The van der Waals surface area contributed by atoms with E-state index in [-0.39, 0.29) is 12.4 Å². The fraction of sp³-hybridized carbons (Fsp3) is 0.481. The van der Waals surface area contributed by atoms with E-state index in [1.807, 2.05) is 18.2 Å². The standard InChI is InChI=1S/C27H36O4S/c1-31-26(28)19-20-32-25(27(29)30)21-24-18-12-11-17-23(24)16-10-5-3-2-4-7-13-22-14-8-6-9-15-22/h6,8-9,11-12,14-15,17-18,25H,2-5,7,10,13,16,19-21H2,1H3,(H,29,30). The van der Waals surface area contributed by atoms with E-state index in [0.29, 0.717) is 12.2 Å². The Balaban J connectivity index is 1.69. The van der Waals surface area contributed by atoms with E-state index in [1.165, 1.54) is 62.1 Å². The van der Waals surface area contributed by atoms with Crippen molar-refractivity contribution in [1.82, 2.24) is 0 Å². The van der Waals surface area contributed by atoms with Gasteiger partial charge in [-0.25, -0.2) is 0 Å². The smallest absolute Gasteiger partial charge is 0.316 e. The van der Waals surface area contributed by atoms with Crippen LogP contribution in [0.4, 0.5) is 0 Å². The third-order valence-electron chi connectivity index (χ3n) is 5.66. The zero-order valence-corrected chi connectivity index (χ0v) is 19.9. The molecule has 0 bridgehead atoms. The molecule has 1 atom stereocenters. The highest BCUT2D eigenvalue weighted by molar-refractivity contribution is 8.00. The molecule has 0 aromatic heterocycles. The predicted molar refractivity (Wildman–Crippen MR) is 132 cm³/mol. The lowest BCUT2D eigenvalue weighted by Gasteiger charge is -2.15. The lowest BCUT2D eigenvalue weighted by Crippen LogP contribution is -2.21. The van der Waals surface area contributed by atoms with Gasteiger partial charge in [0.2, 0.25) is 0 Å². The van der Waals surface area contributed by atoms with Gasteiger partial charge >= 0.3 is 11.9 Å². The highest BCUT2D eigenvalue weighted by Gasteiger charge is 2.20. The normalized spacial score (nSPS) is 11.8. The maximum Gasteiger partial charge on any atom is 0.316 e. The molecule has 0 saturated heterocycles. The molecule has 5 heteroatoms. The molecular weight excluding hydrogens is 420 g/mol. The van der Waals surface area contributed by atoms with Crippen LogP contribution in [0.1, 0.15) is 61.6 Å². The van der Waals surface area contributed by atoms with Gasteiger partial charge in [0.05, 0.1) is 13.5 Å². The first kappa shape index (κ1) is 26.0. The Morgan fingerprint density at radius 2 is 1.44 bits per heavy atom. The quantitative estimate of drug-likeness (QED) is 0.244. The van der Waals surface area contributed by atoms with E-state index in [0.717, 1.165) is 24.8 Å². The van der Waals surface area contributed by atoms with Crippen LogP contribution in [0, 0.1) is 0 Å². The van der Waals surface area contributed by atoms with E-state index in [1.54, 1.807) is 0 Å². The van der Waals surface area contributed by atoms with E-state index in [2.05, 4.69) is 41.1 Å². The Kier molecular flexibility index (Phi) is 12.6. The van der Waals surface area contributed by atoms with Crippen LogP contribution < -0.4 is 0 Å². The molecule has 174 valence electrons. The Bertz CT molecular complexity index is 806. The summed E-state index contributed by atoms with van der Waals surface area (Å²) >= 11 is 1.31. The van der Waals surface area contributed by atoms with Crippen molar-refractivity contribution < 1.29 is 19.4 Å². The van der Waals surface area contributed by atoms with Crippen molar-refractivity contribution in [2.24, 2.45) is 0 Å². The highest BCUT2D eigenvalue weighted by Crippen LogP contribution is 2.22. The fourth-order valence-corrected chi connectivity index (χ4v) is 4.81. The number of carboxylic acid groups (broad SMARTS) is 1. The Morgan fingerprint density at radius 1 is 0.844 bits per heavy atom. The maximum absolute atomic E-state index is 11.7. The van der Waals surface area contributed by atoms with E-state index in [4.69, 9.17) is 0 Å². The summed E-state index contributed by atoms with van der Waals surface area (Å²) in [5, 5.41) is 9.05. The number of unbranched alkanes of at least 4 members (excludes halogenated alkanes) is 5. The van der Waals surface area contributed by atoms with Gasteiger partial charge in [-0.2, -0.15) is 0 Å². The third kappa shape index (κ3) is 10.4. The second-order valence-electron chi connectivity index (χ2n) is 8.10. The average Bonchev–Trinajstić information content (AvgIpc) is 2.81. The van der Waals surface area contributed by atoms with Gasteiger partial charge in [0.15, 0.2) is 0 Å². The molecule has 0 aliphatic rings. The lowest BCUT2D eigenvalue weighted by molar-refractivity contribution is -0.140. The molecule has 2 rings (SSSR count). The lowest BCUT2D eigenvalue weighted by atomic mass is 9.97. The van der Waals surface area contributed by atoms with Crippen molar-refractivity contribution >= 4 is 23.7 Å². The van der Waals surface area contributed by atoms with Crippen LogP contribution >= 0.6 is 11.8 Å². The molecule has 0 amide bonds. The van der Waals surface area contributed by atoms with Crippen molar-refractivity contribution in [1.29, 1.82) is 0 Å². The number of rotatable bonds is 16. The topological polar surface area (TPSA) is 63.6 Å². The average molecular weight is 457 g/mol. The second kappa shape index (κ2) is 15.5. The molecular formula is C27H36O4S. The Hall–Kier alpha value is -2.27. The van der Waals surface area contributed by atoms with Gasteiger partial charge < -0.3 is 9.84 Å². The molecule has 1 unspecified atom stereocenters. The summed E-state index contributed by atoms with van der Waals surface area (Å²) in [6, 6.07) is 18.8. The Morgan fingerprint density at radius 3 is 2.09 bits per heavy atom. The first-order valence-corrected chi connectivity index (χ1v) is 12.7. The number of aryl methyl sites for hydroxylation is 2. The van der Waals surface area contributed by atoms with Gasteiger partial charge in [-0.15, -0.1) is 11.8 Å². The first-order chi connectivity index (χ1) is 15.6. The van der Waals surface area contributed by atoms with Crippen LogP contribution in [0.15, 0.2) is 54.6 Å². The van der Waals surface area contributed by atoms with Gasteiger partial charge in [-0.3, -0.25) is 9.59 Å². The summed E-state index contributed by atoms with van der Waals surface area (Å²) in [6.45, 7) is 0. The minimum Gasteiger partial charge on any atom is -0.480 e. The van der Waals surface area contributed by atoms with Gasteiger partial charge in [0.1, 0.15) is 5.25 Å². The van der Waals surface area contributed by atoms with Crippen LogP contribution in [-0.2, 0) is 33.6 Å². The summed E-state index contributed by atoms with van der Waals surface area (Å²) < 4.78 is 4.64. The molecule has 2 aromatic rings. The molecule has 0 aliphatic heterocycles. The molecule has 0 fully saturated rings. The first-order valence-electron chi connectivity index (χ1n) is 11.6. The van der Waals surface area contributed by atoms with Crippen molar-refractivity contribution in [3.63, 3.8) is 0 Å². The van der Waals surface area contributed by atoms with Gasteiger partial charge in [-0.05, 0) is 48.8 Å². The number of aliphatic carboxylic acids is 1. The molecule has 1 N–H and O–H groups in total. The molecule has 0 spiro atoms. The minimum atomic E-state index is -0.829. The number of carbonyl (C=O) groups excluding carboxylic acids is 1. The zero-order valence-electron chi connectivity index (χ0n) is 19.1. The second-order valence-corrected chi connectivity index (χ2v) is 9.41. The predicted octanol–water partition coefficient (Wildman–Crippen LogP) is 6.10. The summed E-state index contributed by atoms with van der Waals surface area (Å²) in [5.41, 5.74) is 3.77. The molecule has 0 heterocycles. The van der Waals surface area contributed by atoms with Crippen LogP contribution in [0.5, 0.6) is 0 Å². The van der Waals surface area contributed by atoms with Crippen molar-refractivity contribution in [2.75, 3.05) is 12.9 Å². The number of esters is 1. The largest absolute Gasteiger partial charge is 0.480 e. The fourth-order valence-electron chi connectivity index (χ4n) is 3.80. The maximum atomic E-state index is 11.7. The van der Waals surface area contributed by atoms with Crippen molar-refractivity contribution in [2.45, 2.75) is 69.5 Å². The number of ether oxygens (including phenoxy) is 1. The SMILES string of the molecule is COC(=O)CCSC(Cc1ccccc1CCCCCCCCc1ccccc1)C(=O)O. The summed E-state index contributed by atoms with van der Waals surface area (Å²) in [7, 11) is 1.35. The van der Waals surface area contributed by atoms with Crippen LogP contribution in [0.3, 0.4) is 0 Å². The number of methoxy groups -OCH3 is 1. The molecule has 0 aliphatic carbocycles. The molecule has 0 radical (unpaired) electrons. The van der Waals surface area contributed by atoms with Gasteiger partial charge in [0, 0.05) is 5.75 Å². The van der Waals surface area contributed by atoms with Gasteiger partial charge in [-0.1, -0.05) is 80.3 Å². The number of hydrogen-bond acceptors (Lipinski definition) is 4. The highest BCUT2D eigenvalue weighted by atomic mass is 32.2. The number of carbonyl (C=O) groups is 2. The monoisotopic (exact) mass is 456 g/mol. The number of benzene rings is 2. The summed E-state index contributed by atoms with van der Waals surface area (Å²) in [5.74, 6) is -0.678. The number of carboxylic acids is 1. The van der Waals surface area contributed by atoms with E-state index in [9.17, 15) is 14.7 Å². The number of thioether (sulfide) groups is 1. The molecule has 2 aromatic carbocycles. The molecule has 32 heavy (non-hydrogen) atoms. The van der Waals surface area contributed by atoms with Crippen LogP contribution in [0.25, 0.3) is 0 Å². The zero-order chi connectivity index (χ0) is 23.0. The van der Waals surface area contributed by atoms with Crippen LogP contribution in [-0.4, -0.2) is 35.2 Å². The summed E-state index contributed by atoms with van der Waals surface area (Å²) in [6.07, 6.45) is 10.2. The van der Waals surface area contributed by atoms with Crippen molar-refractivity contribution in [3.8, 4) is 0 Å². The van der Waals surface area contributed by atoms with E-state index >= 15 is 0 Å². The summed E-state index contributed by atoms with van der Waals surface area (Å²) in [4.78, 5) is 23.0. The number of hydrogen-bond donors (Lipinski definition) is 1. The van der Waals surface area contributed by atoms with Crippen molar-refractivity contribution in [3.05, 3.63) is 71.3 Å². The van der Waals surface area contributed by atoms with Gasteiger partial charge in [0.25, 0.3) is 0 Å². The third-order valence-corrected chi connectivity index (χ3v) is 6.87. The molecule has 0 saturated carbocycles. The Labute approximate surface area is 196 Å². The van der Waals surface area contributed by atoms with E-state index < -0.39 is 11.2 Å².